The first-order valence-electron chi connectivity index (χ1n) is 6.20. The first kappa shape index (κ1) is 18.8. The molecule has 0 rings (SSSR count). The Morgan fingerprint density at radius 3 is 1.95 bits per heavy atom. The Labute approximate surface area is 120 Å². The maximum Gasteiger partial charge on any atom is 0.320 e. The van der Waals surface area contributed by atoms with Crippen molar-refractivity contribution in [1.82, 2.24) is 5.32 Å². The Balaban J connectivity index is 4.64. The van der Waals surface area contributed by atoms with Crippen molar-refractivity contribution in [3.05, 3.63) is 0 Å². The molecule has 1 unspecified atom stereocenters. The summed E-state index contributed by atoms with van der Waals surface area (Å²) in [4.78, 5) is 43.9. The van der Waals surface area contributed by atoms with E-state index in [2.05, 4.69) is 5.32 Å². The SMILES string of the molecule is NC(=O)NC(CC[C@H](N)C(=O)O)C(=O)[C@@H](N)CCC(=O)O. The third-order valence-electron chi connectivity index (χ3n) is 2.78. The van der Waals surface area contributed by atoms with Crippen LogP contribution in [0.25, 0.3) is 0 Å². The summed E-state index contributed by atoms with van der Waals surface area (Å²) >= 11 is 0. The molecule has 0 aromatic carbocycles. The van der Waals surface area contributed by atoms with Crippen LogP contribution in [0, 0.1) is 0 Å². The van der Waals surface area contributed by atoms with Crippen LogP contribution in [0.2, 0.25) is 0 Å². The number of hydrogen-bond donors (Lipinski definition) is 6. The smallest absolute Gasteiger partial charge is 0.320 e. The van der Waals surface area contributed by atoms with Gasteiger partial charge in [0.2, 0.25) is 0 Å². The predicted octanol–water partition coefficient (Wildman–Crippen LogP) is -2.02. The molecule has 9 N–H and O–H groups in total. The summed E-state index contributed by atoms with van der Waals surface area (Å²) in [5.41, 5.74) is 15.8. The first-order chi connectivity index (χ1) is 9.65. The predicted molar refractivity (Wildman–Crippen MR) is 71.2 cm³/mol. The van der Waals surface area contributed by atoms with Crippen molar-refractivity contribution in [1.29, 1.82) is 0 Å². The largest absolute Gasteiger partial charge is 0.481 e. The zero-order valence-electron chi connectivity index (χ0n) is 11.3. The van der Waals surface area contributed by atoms with Crippen molar-refractivity contribution in [2.24, 2.45) is 17.2 Å². The van der Waals surface area contributed by atoms with Gasteiger partial charge in [0.15, 0.2) is 5.78 Å². The van der Waals surface area contributed by atoms with E-state index in [-0.39, 0.29) is 25.7 Å². The van der Waals surface area contributed by atoms with E-state index in [1.165, 1.54) is 0 Å². The molecule has 0 aliphatic rings. The number of carboxylic acid groups (broad SMARTS) is 2. The molecular weight excluding hydrogens is 284 g/mol. The number of primary amides is 1. The standard InChI is InChI=1S/C11H20N4O6/c12-5(2-4-8(16)17)9(18)7(15-11(14)21)3-1-6(13)10(19)20/h5-7H,1-4,12-13H2,(H,16,17)(H,19,20)(H3,14,15,21)/t5-,6-,7?/m0/s1. The summed E-state index contributed by atoms with van der Waals surface area (Å²) in [5, 5.41) is 19.3. The molecule has 0 spiro atoms. The van der Waals surface area contributed by atoms with Crippen LogP contribution < -0.4 is 22.5 Å². The highest BCUT2D eigenvalue weighted by Gasteiger charge is 2.27. The highest BCUT2D eigenvalue weighted by Crippen LogP contribution is 2.07. The number of hydrogen-bond acceptors (Lipinski definition) is 6. The summed E-state index contributed by atoms with van der Waals surface area (Å²) < 4.78 is 0. The van der Waals surface area contributed by atoms with E-state index in [0.717, 1.165) is 0 Å². The summed E-state index contributed by atoms with van der Waals surface area (Å²) in [6.45, 7) is 0. The maximum atomic E-state index is 12.0. The molecule has 0 saturated heterocycles. The topological polar surface area (TPSA) is 199 Å². The minimum absolute atomic E-state index is 0.0595. The minimum atomic E-state index is -1.24. The van der Waals surface area contributed by atoms with Crippen molar-refractivity contribution in [3.63, 3.8) is 0 Å². The van der Waals surface area contributed by atoms with Gasteiger partial charge in [0, 0.05) is 6.42 Å². The molecule has 0 aliphatic carbocycles. The molecule has 0 fully saturated rings. The van der Waals surface area contributed by atoms with Gasteiger partial charge in [0.05, 0.1) is 12.1 Å². The van der Waals surface area contributed by atoms with E-state index >= 15 is 0 Å². The fraction of sp³-hybridized carbons (Fsp3) is 0.636. The molecule has 120 valence electrons. The van der Waals surface area contributed by atoms with Crippen LogP contribution >= 0.6 is 0 Å². The molecule has 10 heteroatoms. The van der Waals surface area contributed by atoms with Crippen molar-refractivity contribution in [2.45, 2.75) is 43.8 Å². The zero-order chi connectivity index (χ0) is 16.6. The van der Waals surface area contributed by atoms with E-state index in [1.54, 1.807) is 0 Å². The fourth-order valence-corrected chi connectivity index (χ4v) is 1.61. The number of Topliss-reactive ketones (excluding diaryl/α,β-unsaturated/α-hetero) is 1. The summed E-state index contributed by atoms with van der Waals surface area (Å²) in [6, 6.07) is -4.36. The quantitative estimate of drug-likeness (QED) is 0.265. The van der Waals surface area contributed by atoms with E-state index in [9.17, 15) is 19.2 Å². The van der Waals surface area contributed by atoms with Gasteiger partial charge in [-0.3, -0.25) is 14.4 Å². The third-order valence-corrected chi connectivity index (χ3v) is 2.78. The molecule has 2 amide bonds. The molecule has 10 nitrogen and oxygen atoms in total. The average molecular weight is 304 g/mol. The van der Waals surface area contributed by atoms with Crippen molar-refractivity contribution < 1.29 is 29.4 Å². The van der Waals surface area contributed by atoms with Crippen molar-refractivity contribution in [2.75, 3.05) is 0 Å². The van der Waals surface area contributed by atoms with Crippen molar-refractivity contribution >= 4 is 23.8 Å². The van der Waals surface area contributed by atoms with Gasteiger partial charge in [-0.2, -0.15) is 0 Å². The Hall–Kier alpha value is -2.20. The molecule has 3 atom stereocenters. The van der Waals surface area contributed by atoms with Gasteiger partial charge in [-0.05, 0) is 19.3 Å². The molecule has 0 aromatic heterocycles. The molecule has 0 aliphatic heterocycles. The summed E-state index contributed by atoms with van der Waals surface area (Å²) in [7, 11) is 0. The van der Waals surface area contributed by atoms with Gasteiger partial charge >= 0.3 is 18.0 Å². The number of carbonyl (C=O) groups is 4. The fourth-order valence-electron chi connectivity index (χ4n) is 1.61. The third kappa shape index (κ3) is 7.84. The molecule has 0 bridgehead atoms. The Morgan fingerprint density at radius 1 is 0.952 bits per heavy atom. The van der Waals surface area contributed by atoms with Crippen LogP contribution in [0.3, 0.4) is 0 Å². The summed E-state index contributed by atoms with van der Waals surface area (Å²) in [6.07, 6.45) is -0.533. The van der Waals surface area contributed by atoms with Gasteiger partial charge in [-0.15, -0.1) is 0 Å². The molecular formula is C11H20N4O6. The van der Waals surface area contributed by atoms with Crippen LogP contribution in [-0.4, -0.2) is 52.1 Å². The number of aliphatic carboxylic acids is 2. The highest BCUT2D eigenvalue weighted by molar-refractivity contribution is 5.92. The lowest BCUT2D eigenvalue weighted by Crippen LogP contribution is -2.50. The molecule has 0 aromatic rings. The van der Waals surface area contributed by atoms with Crippen LogP contribution in [0.1, 0.15) is 25.7 Å². The van der Waals surface area contributed by atoms with E-state index in [4.69, 9.17) is 27.4 Å². The first-order valence-corrected chi connectivity index (χ1v) is 6.20. The molecule has 0 radical (unpaired) electrons. The van der Waals surface area contributed by atoms with Crippen LogP contribution in [0.15, 0.2) is 0 Å². The lowest BCUT2D eigenvalue weighted by atomic mass is 9.96. The lowest BCUT2D eigenvalue weighted by molar-refractivity contribution is -0.139. The zero-order valence-corrected chi connectivity index (χ0v) is 11.3. The highest BCUT2D eigenvalue weighted by atomic mass is 16.4. The number of carboxylic acids is 2. The number of nitrogens with one attached hydrogen (secondary N) is 1. The van der Waals surface area contributed by atoms with Gasteiger partial charge in [0.25, 0.3) is 0 Å². The lowest BCUT2D eigenvalue weighted by Gasteiger charge is -2.20. The van der Waals surface area contributed by atoms with Crippen molar-refractivity contribution in [3.8, 4) is 0 Å². The Bertz CT molecular complexity index is 414. The average Bonchev–Trinajstić information content (AvgIpc) is 2.38. The number of rotatable bonds is 10. The van der Waals surface area contributed by atoms with E-state index < -0.39 is 41.9 Å². The Kier molecular flexibility index (Phi) is 7.94. The molecule has 0 saturated carbocycles. The van der Waals surface area contributed by atoms with Crippen LogP contribution in [-0.2, 0) is 14.4 Å². The van der Waals surface area contributed by atoms with E-state index in [0.29, 0.717) is 0 Å². The number of urea groups is 1. The van der Waals surface area contributed by atoms with Crippen LogP contribution in [0.4, 0.5) is 4.79 Å². The van der Waals surface area contributed by atoms with Gasteiger partial charge < -0.3 is 32.7 Å². The molecule has 21 heavy (non-hydrogen) atoms. The molecule has 0 heterocycles. The number of nitrogens with two attached hydrogens (primary N) is 3. The number of carbonyl (C=O) groups excluding carboxylic acids is 2. The summed E-state index contributed by atoms with van der Waals surface area (Å²) in [5.74, 6) is -2.96. The second-order valence-electron chi connectivity index (χ2n) is 4.52. The Morgan fingerprint density at radius 2 is 1.52 bits per heavy atom. The minimum Gasteiger partial charge on any atom is -0.481 e. The maximum absolute atomic E-state index is 12.0. The van der Waals surface area contributed by atoms with Gasteiger partial charge in [0.1, 0.15) is 6.04 Å². The normalized spacial score (nSPS) is 14.8. The monoisotopic (exact) mass is 304 g/mol. The van der Waals surface area contributed by atoms with Crippen LogP contribution in [0.5, 0.6) is 0 Å². The van der Waals surface area contributed by atoms with Gasteiger partial charge in [-0.25, -0.2) is 4.79 Å². The number of amides is 2. The number of ketones is 1. The van der Waals surface area contributed by atoms with Gasteiger partial charge in [-0.1, -0.05) is 0 Å². The second-order valence-corrected chi connectivity index (χ2v) is 4.52. The van der Waals surface area contributed by atoms with E-state index in [1.807, 2.05) is 0 Å². The second kappa shape index (κ2) is 8.87.